The van der Waals surface area contributed by atoms with Gasteiger partial charge in [0.1, 0.15) is 0 Å². The fourth-order valence-electron chi connectivity index (χ4n) is 3.93. The summed E-state index contributed by atoms with van der Waals surface area (Å²) in [6, 6.07) is 5.27. The lowest BCUT2D eigenvalue weighted by Crippen LogP contribution is -2.46. The van der Waals surface area contributed by atoms with E-state index in [2.05, 4.69) is 15.5 Å². The first-order valence-electron chi connectivity index (χ1n) is 10.0. The van der Waals surface area contributed by atoms with Crippen molar-refractivity contribution in [1.29, 1.82) is 0 Å². The molecule has 0 spiro atoms. The number of nitrogens with one attached hydrogen (secondary N) is 1. The third-order valence-electron chi connectivity index (χ3n) is 5.73. The minimum Gasteiger partial charge on any atom is -0.459 e. The molecule has 0 aromatic carbocycles. The van der Waals surface area contributed by atoms with E-state index in [1.54, 1.807) is 17.0 Å². The van der Waals surface area contributed by atoms with Gasteiger partial charge in [0.05, 0.1) is 22.9 Å². The van der Waals surface area contributed by atoms with Gasteiger partial charge >= 0.3 is 0 Å². The zero-order valence-electron chi connectivity index (χ0n) is 16.2. The third kappa shape index (κ3) is 3.39. The van der Waals surface area contributed by atoms with Crippen LogP contribution in [0.4, 0.5) is 0 Å². The fourth-order valence-corrected chi connectivity index (χ4v) is 3.93. The number of likely N-dealkylation sites (tertiary alicyclic amines) is 1. The molecular weight excluding hydrogens is 372 g/mol. The maximum atomic E-state index is 13.1. The summed E-state index contributed by atoms with van der Waals surface area (Å²) >= 11 is 0. The summed E-state index contributed by atoms with van der Waals surface area (Å²) in [6.07, 6.45) is 5.08. The number of hydrogen-bond donors (Lipinski definition) is 1. The number of amides is 2. The van der Waals surface area contributed by atoms with Crippen molar-refractivity contribution in [3.05, 3.63) is 47.2 Å². The van der Waals surface area contributed by atoms with E-state index < -0.39 is 0 Å². The van der Waals surface area contributed by atoms with E-state index in [1.807, 2.05) is 13.0 Å². The Hall–Kier alpha value is -3.16. The summed E-state index contributed by atoms with van der Waals surface area (Å²) in [4.78, 5) is 31.8. The van der Waals surface area contributed by atoms with Gasteiger partial charge < -0.3 is 19.2 Å². The van der Waals surface area contributed by atoms with Gasteiger partial charge in [0.2, 0.25) is 0 Å². The van der Waals surface area contributed by atoms with E-state index >= 15 is 0 Å². The Balaban J connectivity index is 1.29. The predicted octanol–water partition coefficient (Wildman–Crippen LogP) is 3.04. The molecule has 1 saturated heterocycles. The second-order valence-corrected chi connectivity index (χ2v) is 7.83. The van der Waals surface area contributed by atoms with E-state index in [9.17, 15) is 9.59 Å². The Labute approximate surface area is 167 Å². The SMILES string of the molecule is Cc1noc2nc(C3CC3)cc(C(=O)NC3CCN(C(=O)c4ccco4)CC3)c12. The van der Waals surface area contributed by atoms with E-state index in [0.717, 1.165) is 18.5 Å². The van der Waals surface area contributed by atoms with Gasteiger partial charge in [0.25, 0.3) is 17.5 Å². The Morgan fingerprint density at radius 2 is 2.00 bits per heavy atom. The van der Waals surface area contributed by atoms with E-state index in [0.29, 0.717) is 60.0 Å². The number of nitrogens with zero attached hydrogens (tertiary/aromatic N) is 3. The summed E-state index contributed by atoms with van der Waals surface area (Å²) in [5.41, 5.74) is 2.57. The summed E-state index contributed by atoms with van der Waals surface area (Å²) in [5.74, 6) is 0.514. The number of rotatable bonds is 4. The molecule has 150 valence electrons. The molecule has 4 heterocycles. The second kappa shape index (κ2) is 7.02. The van der Waals surface area contributed by atoms with Crippen LogP contribution < -0.4 is 5.32 Å². The lowest BCUT2D eigenvalue weighted by Gasteiger charge is -2.32. The van der Waals surface area contributed by atoms with Gasteiger partial charge in [-0.2, -0.15) is 0 Å². The standard InChI is InChI=1S/C21H22N4O4/c1-12-18-15(11-16(13-4-5-13)23-20(18)29-24-12)19(26)22-14-6-8-25(9-7-14)21(27)17-3-2-10-28-17/h2-3,10-11,13-14H,4-9H2,1H3,(H,22,26). The van der Waals surface area contributed by atoms with Crippen molar-refractivity contribution in [1.82, 2.24) is 20.4 Å². The highest BCUT2D eigenvalue weighted by atomic mass is 16.5. The number of carbonyl (C=O) groups is 2. The molecule has 8 nitrogen and oxygen atoms in total. The highest BCUT2D eigenvalue weighted by Gasteiger charge is 2.30. The zero-order valence-corrected chi connectivity index (χ0v) is 16.2. The van der Waals surface area contributed by atoms with Crippen LogP contribution in [0.2, 0.25) is 0 Å². The van der Waals surface area contributed by atoms with E-state index in [-0.39, 0.29) is 17.9 Å². The van der Waals surface area contributed by atoms with Gasteiger partial charge in [0, 0.05) is 30.7 Å². The molecule has 1 aliphatic carbocycles. The summed E-state index contributed by atoms with van der Waals surface area (Å²) in [6.45, 7) is 2.98. The average molecular weight is 394 g/mol. The molecule has 1 saturated carbocycles. The van der Waals surface area contributed by atoms with Crippen LogP contribution in [-0.2, 0) is 0 Å². The largest absolute Gasteiger partial charge is 0.459 e. The first-order chi connectivity index (χ1) is 14.1. The highest BCUT2D eigenvalue weighted by Crippen LogP contribution is 2.40. The summed E-state index contributed by atoms with van der Waals surface area (Å²) < 4.78 is 10.5. The Bertz CT molecular complexity index is 1060. The van der Waals surface area contributed by atoms with Crippen LogP contribution in [-0.4, -0.2) is 46.0 Å². The summed E-state index contributed by atoms with van der Waals surface area (Å²) in [7, 11) is 0. The molecule has 3 aromatic rings. The number of piperidine rings is 1. The monoisotopic (exact) mass is 394 g/mol. The van der Waals surface area contributed by atoms with Crippen molar-refractivity contribution in [2.45, 2.75) is 44.6 Å². The maximum Gasteiger partial charge on any atom is 0.289 e. The van der Waals surface area contributed by atoms with Gasteiger partial charge in [-0.25, -0.2) is 4.98 Å². The smallest absolute Gasteiger partial charge is 0.289 e. The van der Waals surface area contributed by atoms with E-state index in [1.165, 1.54) is 6.26 Å². The normalized spacial score (nSPS) is 17.6. The summed E-state index contributed by atoms with van der Waals surface area (Å²) in [5, 5.41) is 7.80. The Morgan fingerprint density at radius 1 is 1.21 bits per heavy atom. The fraction of sp³-hybridized carbons (Fsp3) is 0.429. The Kier molecular flexibility index (Phi) is 4.34. The lowest BCUT2D eigenvalue weighted by atomic mass is 10.0. The molecule has 8 heteroatoms. The Morgan fingerprint density at radius 3 is 2.69 bits per heavy atom. The molecule has 2 fully saturated rings. The van der Waals surface area contributed by atoms with E-state index in [4.69, 9.17) is 8.94 Å². The number of aryl methyl sites for hydroxylation is 1. The first kappa shape index (κ1) is 17.9. The number of fused-ring (bicyclic) bond motifs is 1. The minimum atomic E-state index is -0.138. The van der Waals surface area contributed by atoms with Crippen molar-refractivity contribution in [2.24, 2.45) is 0 Å². The van der Waals surface area contributed by atoms with Crippen LogP contribution in [0.15, 0.2) is 33.4 Å². The number of carbonyl (C=O) groups excluding carboxylic acids is 2. The van der Waals surface area contributed by atoms with Crippen LogP contribution in [0.3, 0.4) is 0 Å². The van der Waals surface area contributed by atoms with Gasteiger partial charge in [-0.3, -0.25) is 9.59 Å². The predicted molar refractivity (Wildman–Crippen MR) is 104 cm³/mol. The van der Waals surface area contributed by atoms with Crippen LogP contribution in [0.5, 0.6) is 0 Å². The van der Waals surface area contributed by atoms with Crippen LogP contribution >= 0.6 is 0 Å². The van der Waals surface area contributed by atoms with Gasteiger partial charge in [-0.05, 0) is 50.8 Å². The molecule has 1 aliphatic heterocycles. The molecule has 2 aliphatic rings. The minimum absolute atomic E-state index is 0.0101. The van der Waals surface area contributed by atoms with Gasteiger partial charge in [-0.15, -0.1) is 0 Å². The molecule has 29 heavy (non-hydrogen) atoms. The first-order valence-corrected chi connectivity index (χ1v) is 10.0. The molecule has 0 radical (unpaired) electrons. The van der Waals surface area contributed by atoms with Gasteiger partial charge in [-0.1, -0.05) is 5.16 Å². The molecule has 1 N–H and O–H groups in total. The van der Waals surface area contributed by atoms with Crippen molar-refractivity contribution in [3.8, 4) is 0 Å². The van der Waals surface area contributed by atoms with Crippen LogP contribution in [0, 0.1) is 6.92 Å². The number of furan rings is 1. The number of hydrogen-bond acceptors (Lipinski definition) is 6. The maximum absolute atomic E-state index is 13.1. The van der Waals surface area contributed by atoms with Crippen molar-refractivity contribution in [3.63, 3.8) is 0 Å². The zero-order chi connectivity index (χ0) is 20.0. The van der Waals surface area contributed by atoms with Crippen molar-refractivity contribution in [2.75, 3.05) is 13.1 Å². The highest BCUT2D eigenvalue weighted by molar-refractivity contribution is 6.06. The average Bonchev–Trinajstić information content (AvgIpc) is 3.31. The molecular formula is C21H22N4O4. The number of aromatic nitrogens is 2. The molecule has 3 aromatic heterocycles. The molecule has 0 bridgehead atoms. The quantitative estimate of drug-likeness (QED) is 0.730. The van der Waals surface area contributed by atoms with Crippen LogP contribution in [0.1, 0.15) is 63.9 Å². The topological polar surface area (TPSA) is 101 Å². The second-order valence-electron chi connectivity index (χ2n) is 7.83. The van der Waals surface area contributed by atoms with Crippen LogP contribution in [0.25, 0.3) is 11.1 Å². The molecule has 0 atom stereocenters. The molecule has 0 unspecified atom stereocenters. The van der Waals surface area contributed by atoms with Crippen molar-refractivity contribution < 1.29 is 18.5 Å². The van der Waals surface area contributed by atoms with Gasteiger partial charge in [0.15, 0.2) is 5.76 Å². The number of pyridine rings is 1. The third-order valence-corrected chi connectivity index (χ3v) is 5.73. The molecule has 2 amide bonds. The molecule has 5 rings (SSSR count). The lowest BCUT2D eigenvalue weighted by molar-refractivity contribution is 0.0667. The van der Waals surface area contributed by atoms with Crippen molar-refractivity contribution >= 4 is 22.9 Å².